The van der Waals surface area contributed by atoms with E-state index in [1.165, 1.54) is 18.2 Å². The first-order valence-electron chi connectivity index (χ1n) is 7.63. The van der Waals surface area contributed by atoms with E-state index in [1.807, 2.05) is 0 Å². The lowest BCUT2D eigenvalue weighted by Crippen LogP contribution is -2.15. The molecule has 28 heavy (non-hydrogen) atoms. The average Bonchev–Trinajstić information content (AvgIpc) is 2.98. The number of benzene rings is 2. The first kappa shape index (κ1) is 19.6. The van der Waals surface area contributed by atoms with Gasteiger partial charge in [0.1, 0.15) is 17.0 Å². The highest BCUT2D eigenvalue weighted by Gasteiger charge is 2.34. The zero-order valence-electron chi connectivity index (χ0n) is 14.1. The quantitative estimate of drug-likeness (QED) is 0.623. The zero-order chi connectivity index (χ0) is 20.6. The Hall–Kier alpha value is -3.20. The summed E-state index contributed by atoms with van der Waals surface area (Å²) in [4.78, 5) is 24.0. The number of amides is 1. The summed E-state index contributed by atoms with van der Waals surface area (Å²) >= 11 is 5.91. The highest BCUT2D eigenvalue weighted by molar-refractivity contribution is 6.31. The third-order valence-electron chi connectivity index (χ3n) is 3.85. The van der Waals surface area contributed by atoms with E-state index in [2.05, 4.69) is 5.32 Å². The number of fused-ring (bicyclic) bond motifs is 1. The monoisotopic (exact) mass is 413 g/mol. The molecule has 10 heteroatoms. The van der Waals surface area contributed by atoms with Gasteiger partial charge in [0.15, 0.2) is 0 Å². The normalized spacial score (nSPS) is 11.5. The number of carboxylic acid groups (broad SMARTS) is 1. The standard InChI is InChI=1S/C18H11ClF3NO5/c1-27-13-6-8(2-4-11(13)18(20,21)22)16(24)23-14-10-7-9(19)3-5-12(10)28-15(14)17(25)26/h2-7H,1H3,(H,23,24)(H,25,26). The van der Waals surface area contributed by atoms with Crippen molar-refractivity contribution in [3.8, 4) is 5.75 Å². The molecular formula is C18H11ClF3NO5. The number of halogens is 4. The Morgan fingerprint density at radius 1 is 1.18 bits per heavy atom. The number of methoxy groups -OCH3 is 1. The predicted octanol–water partition coefficient (Wildman–Crippen LogP) is 5.06. The number of rotatable bonds is 4. The number of carboxylic acids is 1. The lowest BCUT2D eigenvalue weighted by atomic mass is 10.1. The van der Waals surface area contributed by atoms with Gasteiger partial charge in [-0.05, 0) is 36.4 Å². The number of carbonyl (C=O) groups excluding carboxylic acids is 1. The molecule has 6 nitrogen and oxygen atoms in total. The van der Waals surface area contributed by atoms with Crippen LogP contribution in [0.25, 0.3) is 11.0 Å². The number of furan rings is 1. The second-order valence-electron chi connectivity index (χ2n) is 5.62. The van der Waals surface area contributed by atoms with Crippen LogP contribution in [0.4, 0.5) is 18.9 Å². The highest BCUT2D eigenvalue weighted by atomic mass is 35.5. The number of nitrogens with one attached hydrogen (secondary N) is 1. The van der Waals surface area contributed by atoms with E-state index >= 15 is 0 Å². The van der Waals surface area contributed by atoms with E-state index in [4.69, 9.17) is 20.8 Å². The summed E-state index contributed by atoms with van der Waals surface area (Å²) < 4.78 is 48.8. The molecule has 1 aromatic heterocycles. The van der Waals surface area contributed by atoms with Crippen LogP contribution in [-0.2, 0) is 6.18 Å². The van der Waals surface area contributed by atoms with Crippen LogP contribution in [0.3, 0.4) is 0 Å². The van der Waals surface area contributed by atoms with Crippen molar-refractivity contribution in [2.75, 3.05) is 12.4 Å². The van der Waals surface area contributed by atoms with Crippen molar-refractivity contribution < 1.29 is 37.0 Å². The predicted molar refractivity (Wildman–Crippen MR) is 94.1 cm³/mol. The minimum atomic E-state index is -4.66. The molecule has 2 N–H and O–H groups in total. The molecule has 0 saturated carbocycles. The van der Waals surface area contributed by atoms with E-state index in [9.17, 15) is 27.9 Å². The van der Waals surface area contributed by atoms with Crippen LogP contribution in [0.1, 0.15) is 26.5 Å². The smallest absolute Gasteiger partial charge is 0.419 e. The van der Waals surface area contributed by atoms with Crippen molar-refractivity contribution >= 4 is 40.1 Å². The van der Waals surface area contributed by atoms with Crippen molar-refractivity contribution in [2.24, 2.45) is 0 Å². The Labute approximate surface area is 160 Å². The first-order valence-corrected chi connectivity index (χ1v) is 8.01. The fraction of sp³-hybridized carbons (Fsp3) is 0.111. The molecule has 2 aromatic carbocycles. The van der Waals surface area contributed by atoms with E-state index in [-0.39, 0.29) is 27.2 Å². The molecular weight excluding hydrogens is 403 g/mol. The lowest BCUT2D eigenvalue weighted by molar-refractivity contribution is -0.138. The van der Waals surface area contributed by atoms with Gasteiger partial charge in [0, 0.05) is 16.0 Å². The van der Waals surface area contributed by atoms with Crippen molar-refractivity contribution in [1.82, 2.24) is 0 Å². The molecule has 1 amide bonds. The Balaban J connectivity index is 2.03. The highest BCUT2D eigenvalue weighted by Crippen LogP contribution is 2.37. The third kappa shape index (κ3) is 3.61. The lowest BCUT2D eigenvalue weighted by Gasteiger charge is -2.13. The topological polar surface area (TPSA) is 88.8 Å². The summed E-state index contributed by atoms with van der Waals surface area (Å²) in [5.41, 5.74) is -1.20. The number of hydrogen-bond acceptors (Lipinski definition) is 4. The maximum absolute atomic E-state index is 13.0. The van der Waals surface area contributed by atoms with Crippen molar-refractivity contribution in [3.05, 3.63) is 58.3 Å². The van der Waals surface area contributed by atoms with Crippen LogP contribution in [0.2, 0.25) is 5.02 Å². The fourth-order valence-corrected chi connectivity index (χ4v) is 2.77. The Morgan fingerprint density at radius 2 is 1.89 bits per heavy atom. The molecule has 1 heterocycles. The van der Waals surface area contributed by atoms with Crippen LogP contribution in [0.15, 0.2) is 40.8 Å². The summed E-state index contributed by atoms with van der Waals surface area (Å²) in [5.74, 6) is -3.37. The van der Waals surface area contributed by atoms with Gasteiger partial charge in [-0.1, -0.05) is 11.6 Å². The second-order valence-corrected chi connectivity index (χ2v) is 6.06. The summed E-state index contributed by atoms with van der Waals surface area (Å²) in [6.45, 7) is 0. The van der Waals surface area contributed by atoms with Crippen LogP contribution in [0, 0.1) is 0 Å². The molecule has 3 rings (SSSR count). The second kappa shape index (κ2) is 7.08. The summed E-state index contributed by atoms with van der Waals surface area (Å²) in [6.07, 6.45) is -4.66. The van der Waals surface area contributed by atoms with Crippen LogP contribution < -0.4 is 10.1 Å². The van der Waals surface area contributed by atoms with Gasteiger partial charge in [0.25, 0.3) is 5.91 Å². The molecule has 0 atom stereocenters. The van der Waals surface area contributed by atoms with Crippen molar-refractivity contribution in [2.45, 2.75) is 6.18 Å². The average molecular weight is 414 g/mol. The fourth-order valence-electron chi connectivity index (χ4n) is 2.60. The summed E-state index contributed by atoms with van der Waals surface area (Å²) in [5, 5.41) is 12.2. The minimum absolute atomic E-state index is 0.158. The molecule has 0 spiro atoms. The van der Waals surface area contributed by atoms with Crippen LogP contribution in [-0.4, -0.2) is 24.1 Å². The largest absolute Gasteiger partial charge is 0.496 e. The van der Waals surface area contributed by atoms with Crippen molar-refractivity contribution in [3.63, 3.8) is 0 Å². The van der Waals surface area contributed by atoms with Gasteiger partial charge in [-0.3, -0.25) is 4.79 Å². The number of ether oxygens (including phenoxy) is 1. The van der Waals surface area contributed by atoms with E-state index in [0.717, 1.165) is 19.2 Å². The Kier molecular flexibility index (Phi) is 4.95. The minimum Gasteiger partial charge on any atom is -0.496 e. The molecule has 0 fully saturated rings. The van der Waals surface area contributed by atoms with E-state index in [1.54, 1.807) is 0 Å². The van der Waals surface area contributed by atoms with Gasteiger partial charge in [-0.25, -0.2) is 4.79 Å². The first-order chi connectivity index (χ1) is 13.1. The third-order valence-corrected chi connectivity index (χ3v) is 4.09. The maximum atomic E-state index is 13.0. The molecule has 0 aliphatic carbocycles. The van der Waals surface area contributed by atoms with Crippen LogP contribution >= 0.6 is 11.6 Å². The summed E-state index contributed by atoms with van der Waals surface area (Å²) in [6, 6.07) is 6.88. The SMILES string of the molecule is COc1cc(C(=O)Nc2c(C(=O)O)oc3ccc(Cl)cc23)ccc1C(F)(F)F. The molecule has 0 aliphatic heterocycles. The zero-order valence-corrected chi connectivity index (χ0v) is 14.8. The van der Waals surface area contributed by atoms with Gasteiger partial charge in [-0.15, -0.1) is 0 Å². The Bertz CT molecular complexity index is 1090. The number of carbonyl (C=O) groups is 2. The van der Waals surface area contributed by atoms with Gasteiger partial charge >= 0.3 is 12.1 Å². The van der Waals surface area contributed by atoms with Gasteiger partial charge in [0.2, 0.25) is 5.76 Å². The molecule has 0 bridgehead atoms. The van der Waals surface area contributed by atoms with E-state index < -0.39 is 35.1 Å². The number of hydrogen-bond donors (Lipinski definition) is 2. The molecule has 0 saturated heterocycles. The summed E-state index contributed by atoms with van der Waals surface area (Å²) in [7, 11) is 1.04. The molecule has 0 unspecified atom stereocenters. The van der Waals surface area contributed by atoms with Crippen molar-refractivity contribution in [1.29, 1.82) is 0 Å². The van der Waals surface area contributed by atoms with Gasteiger partial charge in [0.05, 0.1) is 12.7 Å². The maximum Gasteiger partial charge on any atom is 0.419 e. The number of aromatic carboxylic acids is 1. The molecule has 0 radical (unpaired) electrons. The van der Waals surface area contributed by atoms with E-state index in [0.29, 0.717) is 6.07 Å². The Morgan fingerprint density at radius 3 is 2.50 bits per heavy atom. The molecule has 146 valence electrons. The van der Waals surface area contributed by atoms with Crippen LogP contribution in [0.5, 0.6) is 5.75 Å². The number of anilines is 1. The molecule has 0 aliphatic rings. The van der Waals surface area contributed by atoms with Gasteiger partial charge < -0.3 is 19.6 Å². The van der Waals surface area contributed by atoms with Gasteiger partial charge in [-0.2, -0.15) is 13.2 Å². The molecule has 3 aromatic rings. The number of alkyl halides is 3.